The molecule has 0 aliphatic carbocycles. The Balaban J connectivity index is 1.71. The van der Waals surface area contributed by atoms with Crippen molar-refractivity contribution in [2.24, 2.45) is 11.0 Å². The number of hydrazone groups is 1. The second-order valence-electron chi connectivity index (χ2n) is 4.88. The number of nitrogens with zero attached hydrogens (tertiary/aromatic N) is 3. The zero-order valence-electron chi connectivity index (χ0n) is 10.8. The van der Waals surface area contributed by atoms with E-state index in [1.165, 1.54) is 0 Å². The Morgan fingerprint density at radius 2 is 2.16 bits per heavy atom. The fourth-order valence-electron chi connectivity index (χ4n) is 2.34. The van der Waals surface area contributed by atoms with E-state index in [9.17, 15) is 0 Å². The number of para-hydroxylation sites is 1. The monoisotopic (exact) mass is 255 g/mol. The van der Waals surface area contributed by atoms with Crippen molar-refractivity contribution >= 4 is 17.7 Å². The predicted molar refractivity (Wildman–Crippen MR) is 77.2 cm³/mol. The Bertz CT molecular complexity index is 575. The second-order valence-corrected chi connectivity index (χ2v) is 4.88. The van der Waals surface area contributed by atoms with Crippen LogP contribution in [0.25, 0.3) is 0 Å². The van der Waals surface area contributed by atoms with E-state index in [0.29, 0.717) is 17.7 Å². The molecule has 0 fully saturated rings. The molecule has 0 spiro atoms. The first kappa shape index (κ1) is 11.8. The number of benzene rings is 1. The number of hydrogen-bond acceptors (Lipinski definition) is 4. The minimum Gasteiger partial charge on any atom is -0.382 e. The summed E-state index contributed by atoms with van der Waals surface area (Å²) in [7, 11) is 0. The molecule has 0 radical (unpaired) electrons. The largest absolute Gasteiger partial charge is 0.382 e. The van der Waals surface area contributed by atoms with Gasteiger partial charge in [-0.05, 0) is 12.1 Å². The molecule has 2 aromatic rings. The third kappa shape index (κ3) is 2.31. The van der Waals surface area contributed by atoms with E-state index in [4.69, 9.17) is 5.73 Å². The smallest absolute Gasteiger partial charge is 0.145 e. The van der Waals surface area contributed by atoms with E-state index >= 15 is 0 Å². The number of rotatable bonds is 3. The van der Waals surface area contributed by atoms with Crippen LogP contribution in [0.2, 0.25) is 0 Å². The van der Waals surface area contributed by atoms with Crippen molar-refractivity contribution in [2.45, 2.75) is 12.8 Å². The molecular weight excluding hydrogens is 238 g/mol. The normalized spacial score (nSPS) is 19.8. The van der Waals surface area contributed by atoms with Crippen LogP contribution in [0.4, 0.5) is 11.5 Å². The van der Waals surface area contributed by atoms with Crippen LogP contribution >= 0.6 is 0 Å². The molecule has 1 aromatic carbocycles. The van der Waals surface area contributed by atoms with E-state index < -0.39 is 0 Å². The molecule has 5 nitrogen and oxygen atoms in total. The first-order valence-electron chi connectivity index (χ1n) is 6.41. The Morgan fingerprint density at radius 3 is 2.84 bits per heavy atom. The van der Waals surface area contributed by atoms with E-state index in [1.54, 1.807) is 0 Å². The van der Waals surface area contributed by atoms with E-state index in [0.717, 1.165) is 17.9 Å². The van der Waals surface area contributed by atoms with Crippen molar-refractivity contribution in [2.75, 3.05) is 17.3 Å². The highest BCUT2D eigenvalue weighted by molar-refractivity contribution is 5.69. The second kappa shape index (κ2) is 4.76. The highest BCUT2D eigenvalue weighted by atomic mass is 15.5. The van der Waals surface area contributed by atoms with Crippen molar-refractivity contribution in [3.05, 3.63) is 42.1 Å². The molecule has 2 atom stereocenters. The van der Waals surface area contributed by atoms with Crippen LogP contribution in [0.5, 0.6) is 0 Å². The fourth-order valence-corrected chi connectivity index (χ4v) is 2.34. The summed E-state index contributed by atoms with van der Waals surface area (Å²) >= 11 is 0. The molecule has 2 heterocycles. The molecule has 98 valence electrons. The molecule has 1 aliphatic heterocycles. The third-order valence-electron chi connectivity index (χ3n) is 3.59. The highest BCUT2D eigenvalue weighted by Gasteiger charge is 2.26. The van der Waals surface area contributed by atoms with Gasteiger partial charge in [-0.15, -0.1) is 0 Å². The van der Waals surface area contributed by atoms with Crippen LogP contribution in [-0.4, -0.2) is 23.0 Å². The van der Waals surface area contributed by atoms with Gasteiger partial charge in [0.2, 0.25) is 0 Å². The van der Waals surface area contributed by atoms with Crippen LogP contribution in [-0.2, 0) is 0 Å². The molecule has 5 heteroatoms. The van der Waals surface area contributed by atoms with Gasteiger partial charge in [0, 0.05) is 29.8 Å². The van der Waals surface area contributed by atoms with Gasteiger partial charge in [-0.1, -0.05) is 25.1 Å². The number of anilines is 2. The Kier molecular flexibility index (Phi) is 2.95. The summed E-state index contributed by atoms with van der Waals surface area (Å²) in [5.41, 5.74) is 7.83. The van der Waals surface area contributed by atoms with Crippen molar-refractivity contribution in [3.8, 4) is 0 Å². The summed E-state index contributed by atoms with van der Waals surface area (Å²) in [4.78, 5) is 0. The van der Waals surface area contributed by atoms with Gasteiger partial charge in [-0.25, -0.2) is 0 Å². The summed E-state index contributed by atoms with van der Waals surface area (Å²) in [5.74, 6) is 1.22. The minimum absolute atomic E-state index is 0.322. The lowest BCUT2D eigenvalue weighted by Gasteiger charge is -2.19. The van der Waals surface area contributed by atoms with Gasteiger partial charge in [0.05, 0.1) is 12.2 Å². The molecule has 0 amide bonds. The number of nitrogen functional groups attached to an aromatic ring is 1. The third-order valence-corrected chi connectivity index (χ3v) is 3.59. The van der Waals surface area contributed by atoms with Crippen molar-refractivity contribution in [3.63, 3.8) is 0 Å². The zero-order chi connectivity index (χ0) is 13.2. The SMILES string of the molecule is CC(c1cc(N)n[nH]1)C1C=NN(c2ccccc2)C1. The Labute approximate surface area is 112 Å². The van der Waals surface area contributed by atoms with E-state index in [1.807, 2.05) is 35.5 Å². The highest BCUT2D eigenvalue weighted by Crippen LogP contribution is 2.28. The molecule has 0 saturated heterocycles. The molecular formula is C14H17N5. The Hall–Kier alpha value is -2.30. The van der Waals surface area contributed by atoms with Gasteiger partial charge in [0.1, 0.15) is 5.82 Å². The zero-order valence-corrected chi connectivity index (χ0v) is 10.8. The average molecular weight is 255 g/mol. The van der Waals surface area contributed by atoms with Gasteiger partial charge >= 0.3 is 0 Å². The number of hydrogen-bond donors (Lipinski definition) is 2. The van der Waals surface area contributed by atoms with Gasteiger partial charge in [0.15, 0.2) is 0 Å². The van der Waals surface area contributed by atoms with E-state index in [-0.39, 0.29) is 0 Å². The van der Waals surface area contributed by atoms with Crippen LogP contribution in [0.1, 0.15) is 18.5 Å². The molecule has 19 heavy (non-hydrogen) atoms. The lowest BCUT2D eigenvalue weighted by atomic mass is 9.92. The quantitative estimate of drug-likeness (QED) is 0.883. The number of aromatic amines is 1. The number of nitrogens with two attached hydrogens (primary N) is 1. The topological polar surface area (TPSA) is 70.3 Å². The lowest BCUT2D eigenvalue weighted by molar-refractivity contribution is 0.584. The Morgan fingerprint density at radius 1 is 1.37 bits per heavy atom. The summed E-state index contributed by atoms with van der Waals surface area (Å²) in [6.07, 6.45) is 2.01. The van der Waals surface area contributed by atoms with Crippen LogP contribution in [0, 0.1) is 5.92 Å². The minimum atomic E-state index is 0.322. The lowest BCUT2D eigenvalue weighted by Crippen LogP contribution is -2.21. The maximum atomic E-state index is 5.65. The molecule has 0 bridgehead atoms. The van der Waals surface area contributed by atoms with Gasteiger partial charge in [-0.3, -0.25) is 10.1 Å². The van der Waals surface area contributed by atoms with Crippen molar-refractivity contribution in [1.82, 2.24) is 10.2 Å². The molecule has 3 N–H and O–H groups in total. The number of nitrogens with one attached hydrogen (secondary N) is 1. The van der Waals surface area contributed by atoms with E-state index in [2.05, 4.69) is 34.4 Å². The van der Waals surface area contributed by atoms with Gasteiger partial charge < -0.3 is 5.73 Å². The van der Waals surface area contributed by atoms with Crippen molar-refractivity contribution < 1.29 is 0 Å². The van der Waals surface area contributed by atoms with Crippen LogP contribution in [0.3, 0.4) is 0 Å². The maximum Gasteiger partial charge on any atom is 0.145 e. The van der Waals surface area contributed by atoms with Gasteiger partial charge in [-0.2, -0.15) is 10.2 Å². The molecule has 3 rings (SSSR count). The predicted octanol–water partition coefficient (Wildman–Crippen LogP) is 2.22. The summed E-state index contributed by atoms with van der Waals surface area (Å²) in [6, 6.07) is 12.1. The number of aromatic nitrogens is 2. The summed E-state index contributed by atoms with van der Waals surface area (Å²) < 4.78 is 0. The molecule has 0 saturated carbocycles. The standard InChI is InChI=1S/C14H17N5/c1-10(13-7-14(15)18-17-13)11-8-16-19(9-11)12-5-3-2-4-6-12/h2-8,10-11H,9H2,1H3,(H3,15,17,18). The summed E-state index contributed by atoms with van der Waals surface area (Å²) in [5, 5.41) is 13.5. The average Bonchev–Trinajstić information content (AvgIpc) is 3.08. The van der Waals surface area contributed by atoms with Gasteiger partial charge in [0.25, 0.3) is 0 Å². The van der Waals surface area contributed by atoms with Crippen LogP contribution in [0.15, 0.2) is 41.5 Å². The van der Waals surface area contributed by atoms with Crippen LogP contribution < -0.4 is 10.7 Å². The first-order chi connectivity index (χ1) is 9.24. The van der Waals surface area contributed by atoms with Crippen molar-refractivity contribution in [1.29, 1.82) is 0 Å². The maximum absolute atomic E-state index is 5.65. The summed E-state index contributed by atoms with van der Waals surface area (Å²) in [6.45, 7) is 3.04. The number of H-pyrrole nitrogens is 1. The molecule has 1 aromatic heterocycles. The first-order valence-corrected chi connectivity index (χ1v) is 6.41. The molecule has 2 unspecified atom stereocenters. The molecule has 1 aliphatic rings. The fraction of sp³-hybridized carbons (Fsp3) is 0.286.